The van der Waals surface area contributed by atoms with Gasteiger partial charge < -0.3 is 0 Å². The molecule has 1 fully saturated rings. The van der Waals surface area contributed by atoms with Crippen molar-refractivity contribution in [2.24, 2.45) is 0 Å². The van der Waals surface area contributed by atoms with Gasteiger partial charge in [-0.25, -0.2) is 4.39 Å². The van der Waals surface area contributed by atoms with Crippen molar-refractivity contribution in [1.82, 2.24) is 9.88 Å². The lowest BCUT2D eigenvalue weighted by molar-refractivity contribution is 0.111. The Morgan fingerprint density at radius 2 is 2.41 bits per heavy atom. The largest absolute Gasteiger partial charge is 0.296 e. The van der Waals surface area contributed by atoms with Crippen molar-refractivity contribution < 1.29 is 9.18 Å². The molecule has 1 aliphatic heterocycles. The molecule has 0 aliphatic carbocycles. The quantitative estimate of drug-likeness (QED) is 0.755. The lowest BCUT2D eigenvalue weighted by atomic mass is 10.1. The van der Waals surface area contributed by atoms with Crippen LogP contribution in [-0.4, -0.2) is 35.4 Å². The molecule has 17 heavy (non-hydrogen) atoms. The molecule has 0 spiro atoms. The van der Waals surface area contributed by atoms with Crippen LogP contribution in [0.4, 0.5) is 4.39 Å². The molecule has 3 nitrogen and oxygen atoms in total. The zero-order valence-electron chi connectivity index (χ0n) is 10.2. The Morgan fingerprint density at radius 1 is 1.65 bits per heavy atom. The highest BCUT2D eigenvalue weighted by Gasteiger charge is 2.26. The van der Waals surface area contributed by atoms with Crippen LogP contribution in [0, 0.1) is 6.92 Å². The first-order valence-electron chi connectivity index (χ1n) is 5.91. The van der Waals surface area contributed by atoms with Gasteiger partial charge in [0.2, 0.25) is 0 Å². The van der Waals surface area contributed by atoms with Crippen LogP contribution in [0.3, 0.4) is 0 Å². The molecule has 0 aromatic carbocycles. The third kappa shape index (κ3) is 2.52. The second-order valence-corrected chi connectivity index (χ2v) is 4.65. The van der Waals surface area contributed by atoms with Gasteiger partial charge in [0.25, 0.3) is 0 Å². The van der Waals surface area contributed by atoms with Crippen LogP contribution in [0.5, 0.6) is 0 Å². The van der Waals surface area contributed by atoms with Gasteiger partial charge in [-0.05, 0) is 31.4 Å². The fraction of sp³-hybridized carbons (Fsp3) is 0.538. The van der Waals surface area contributed by atoms with Gasteiger partial charge in [0, 0.05) is 25.3 Å². The molecule has 0 N–H and O–H groups in total. The van der Waals surface area contributed by atoms with Gasteiger partial charge in [0.05, 0.1) is 0 Å². The van der Waals surface area contributed by atoms with Crippen molar-refractivity contribution in [2.45, 2.75) is 32.5 Å². The predicted molar refractivity (Wildman–Crippen MR) is 63.9 cm³/mol. The van der Waals surface area contributed by atoms with Crippen molar-refractivity contribution in [2.75, 3.05) is 13.1 Å². The Labute approximate surface area is 101 Å². The number of pyridine rings is 1. The highest BCUT2D eigenvalue weighted by atomic mass is 19.1. The molecular weight excluding hydrogens is 219 g/mol. The van der Waals surface area contributed by atoms with E-state index in [1.807, 2.05) is 13.0 Å². The standard InChI is InChI=1S/C13H17FN2O/c1-9-5-11(6-15-13(9)8-17)10(2)16-4-3-12(14)7-16/h5-6,8,10,12H,3-4,7H2,1-2H3/t10?,12-/m0/s1. The molecule has 1 aromatic rings. The molecule has 0 saturated carbocycles. The summed E-state index contributed by atoms with van der Waals surface area (Å²) in [5, 5.41) is 0. The topological polar surface area (TPSA) is 33.2 Å². The molecule has 0 amide bonds. The molecule has 1 unspecified atom stereocenters. The lowest BCUT2D eigenvalue weighted by Crippen LogP contribution is -2.25. The number of carbonyl (C=O) groups is 1. The summed E-state index contributed by atoms with van der Waals surface area (Å²) in [5.41, 5.74) is 2.40. The first kappa shape index (κ1) is 12.2. The smallest absolute Gasteiger partial charge is 0.168 e. The molecule has 2 atom stereocenters. The Bertz CT molecular complexity index is 422. The van der Waals surface area contributed by atoms with Crippen LogP contribution in [0.1, 0.15) is 41.0 Å². The van der Waals surface area contributed by atoms with Crippen molar-refractivity contribution in [1.29, 1.82) is 0 Å². The second kappa shape index (κ2) is 4.92. The molecule has 2 rings (SSSR count). The number of hydrogen-bond donors (Lipinski definition) is 0. The van der Waals surface area contributed by atoms with Crippen molar-refractivity contribution in [3.05, 3.63) is 29.1 Å². The van der Waals surface area contributed by atoms with Crippen molar-refractivity contribution in [3.8, 4) is 0 Å². The van der Waals surface area contributed by atoms with Crippen LogP contribution < -0.4 is 0 Å². The Balaban J connectivity index is 2.16. The van der Waals surface area contributed by atoms with E-state index in [0.717, 1.165) is 24.0 Å². The number of nitrogens with zero attached hydrogens (tertiary/aromatic N) is 2. The van der Waals surface area contributed by atoms with E-state index in [-0.39, 0.29) is 6.04 Å². The summed E-state index contributed by atoms with van der Waals surface area (Å²) in [4.78, 5) is 16.9. The highest BCUT2D eigenvalue weighted by Crippen LogP contribution is 2.26. The van der Waals surface area contributed by atoms with E-state index in [9.17, 15) is 9.18 Å². The van der Waals surface area contributed by atoms with Gasteiger partial charge >= 0.3 is 0 Å². The van der Waals surface area contributed by atoms with Crippen molar-refractivity contribution in [3.63, 3.8) is 0 Å². The van der Waals surface area contributed by atoms with E-state index < -0.39 is 6.17 Å². The van der Waals surface area contributed by atoms with Gasteiger partial charge in [-0.1, -0.05) is 6.07 Å². The molecule has 92 valence electrons. The molecule has 1 aromatic heterocycles. The Hall–Kier alpha value is -1.29. The third-order valence-corrected chi connectivity index (χ3v) is 3.44. The molecule has 2 heterocycles. The van der Waals surface area contributed by atoms with E-state index in [0.29, 0.717) is 18.7 Å². The lowest BCUT2D eigenvalue weighted by Gasteiger charge is -2.24. The number of aromatic nitrogens is 1. The number of alkyl halides is 1. The average molecular weight is 236 g/mol. The van der Waals surface area contributed by atoms with Crippen LogP contribution in [0.15, 0.2) is 12.3 Å². The van der Waals surface area contributed by atoms with Gasteiger partial charge in [-0.15, -0.1) is 0 Å². The maximum atomic E-state index is 13.1. The monoisotopic (exact) mass is 236 g/mol. The SMILES string of the molecule is Cc1cc(C(C)N2CC[C@H](F)C2)cnc1C=O. The summed E-state index contributed by atoms with van der Waals surface area (Å²) in [6.45, 7) is 5.20. The maximum absolute atomic E-state index is 13.1. The minimum Gasteiger partial charge on any atom is -0.296 e. The van der Waals surface area contributed by atoms with Gasteiger partial charge in [-0.3, -0.25) is 14.7 Å². The zero-order valence-corrected chi connectivity index (χ0v) is 10.2. The summed E-state index contributed by atoms with van der Waals surface area (Å²) < 4.78 is 13.1. The summed E-state index contributed by atoms with van der Waals surface area (Å²) in [7, 11) is 0. The molecular formula is C13H17FN2O. The van der Waals surface area contributed by atoms with E-state index in [2.05, 4.69) is 16.8 Å². The fourth-order valence-electron chi connectivity index (χ4n) is 2.26. The summed E-state index contributed by atoms with van der Waals surface area (Å²) >= 11 is 0. The number of likely N-dealkylation sites (tertiary alicyclic amines) is 1. The van der Waals surface area contributed by atoms with E-state index >= 15 is 0 Å². The van der Waals surface area contributed by atoms with E-state index in [4.69, 9.17) is 0 Å². The third-order valence-electron chi connectivity index (χ3n) is 3.44. The number of halogens is 1. The van der Waals surface area contributed by atoms with Gasteiger partial charge in [-0.2, -0.15) is 0 Å². The summed E-state index contributed by atoms with van der Waals surface area (Å²) in [6.07, 6.45) is 2.38. The van der Waals surface area contributed by atoms with Crippen LogP contribution in [0.2, 0.25) is 0 Å². The first-order valence-corrected chi connectivity index (χ1v) is 5.91. The first-order chi connectivity index (χ1) is 8.11. The summed E-state index contributed by atoms with van der Waals surface area (Å²) in [6, 6.07) is 2.12. The second-order valence-electron chi connectivity index (χ2n) is 4.65. The summed E-state index contributed by atoms with van der Waals surface area (Å²) in [5.74, 6) is 0. The van der Waals surface area contributed by atoms with Crippen LogP contribution in [0.25, 0.3) is 0 Å². The zero-order chi connectivity index (χ0) is 12.4. The highest BCUT2D eigenvalue weighted by molar-refractivity contribution is 5.74. The Morgan fingerprint density at radius 3 is 2.94 bits per heavy atom. The van der Waals surface area contributed by atoms with Gasteiger partial charge in [0.1, 0.15) is 11.9 Å². The number of aldehydes is 1. The average Bonchev–Trinajstić information content (AvgIpc) is 2.75. The number of carbonyl (C=O) groups excluding carboxylic acids is 1. The molecule has 1 aliphatic rings. The molecule has 1 saturated heterocycles. The molecule has 0 radical (unpaired) electrons. The predicted octanol–water partition coefficient (Wildman–Crippen LogP) is 2.31. The Kier molecular flexibility index (Phi) is 3.52. The minimum atomic E-state index is -0.708. The maximum Gasteiger partial charge on any atom is 0.168 e. The molecule has 4 heteroatoms. The minimum absolute atomic E-state index is 0.155. The van der Waals surface area contributed by atoms with Crippen LogP contribution in [-0.2, 0) is 0 Å². The normalized spacial score (nSPS) is 22.6. The van der Waals surface area contributed by atoms with E-state index in [1.54, 1.807) is 6.20 Å². The number of aryl methyl sites for hydroxylation is 1. The van der Waals surface area contributed by atoms with Crippen LogP contribution >= 0.6 is 0 Å². The number of hydrogen-bond acceptors (Lipinski definition) is 3. The number of rotatable bonds is 3. The van der Waals surface area contributed by atoms with E-state index in [1.165, 1.54) is 0 Å². The van der Waals surface area contributed by atoms with Gasteiger partial charge in [0.15, 0.2) is 6.29 Å². The molecule has 0 bridgehead atoms. The fourth-order valence-corrected chi connectivity index (χ4v) is 2.26. The van der Waals surface area contributed by atoms with Crippen molar-refractivity contribution >= 4 is 6.29 Å².